The lowest BCUT2D eigenvalue weighted by Gasteiger charge is -2.23. The summed E-state index contributed by atoms with van der Waals surface area (Å²) in [6.07, 6.45) is -3.83. The fourth-order valence-corrected chi connectivity index (χ4v) is 4.44. The first-order valence-electron chi connectivity index (χ1n) is 5.65. The van der Waals surface area contributed by atoms with Gasteiger partial charge < -0.3 is 0 Å². The Morgan fingerprint density at radius 2 is 1.90 bits per heavy atom. The van der Waals surface area contributed by atoms with E-state index in [1.54, 1.807) is 0 Å². The van der Waals surface area contributed by atoms with Crippen LogP contribution in [0, 0.1) is 5.82 Å². The second-order valence-corrected chi connectivity index (χ2v) is 7.18. The van der Waals surface area contributed by atoms with Gasteiger partial charge in [-0.1, -0.05) is 0 Å². The molecule has 1 aromatic carbocycles. The van der Waals surface area contributed by atoms with Gasteiger partial charge in [0.05, 0.1) is 4.90 Å². The van der Waals surface area contributed by atoms with Crippen LogP contribution in [0.5, 0.6) is 0 Å². The lowest BCUT2D eigenvalue weighted by Crippen LogP contribution is -2.40. The lowest BCUT2D eigenvalue weighted by molar-refractivity contribution is -0.137. The number of hydrogen-bond acceptors (Lipinski definition) is 2. The SMILES string of the molecule is O=S(=O)(c1ccc(F)cc1Br)N(CC(F)(F)F)C1CC1. The van der Waals surface area contributed by atoms with Gasteiger partial charge in [0, 0.05) is 10.5 Å². The van der Waals surface area contributed by atoms with Crippen LogP contribution in [0.1, 0.15) is 12.8 Å². The van der Waals surface area contributed by atoms with Crippen LogP contribution in [0.4, 0.5) is 17.6 Å². The maximum atomic E-state index is 13.0. The van der Waals surface area contributed by atoms with Crippen molar-refractivity contribution in [3.05, 3.63) is 28.5 Å². The van der Waals surface area contributed by atoms with E-state index in [1.165, 1.54) is 0 Å². The summed E-state index contributed by atoms with van der Waals surface area (Å²) in [5.41, 5.74) is 0. The average molecular weight is 376 g/mol. The Bertz CT molecular complexity index is 613. The molecule has 1 saturated carbocycles. The van der Waals surface area contributed by atoms with Crippen LogP contribution in [0.15, 0.2) is 27.6 Å². The van der Waals surface area contributed by atoms with Crippen molar-refractivity contribution in [3.63, 3.8) is 0 Å². The molecule has 0 spiro atoms. The molecule has 0 atom stereocenters. The van der Waals surface area contributed by atoms with Gasteiger partial charge in [0.25, 0.3) is 0 Å². The lowest BCUT2D eigenvalue weighted by atomic mass is 10.3. The fraction of sp³-hybridized carbons (Fsp3) is 0.455. The van der Waals surface area contributed by atoms with E-state index < -0.39 is 34.6 Å². The number of halogens is 5. The Labute approximate surface area is 121 Å². The maximum Gasteiger partial charge on any atom is 0.402 e. The molecule has 20 heavy (non-hydrogen) atoms. The summed E-state index contributed by atoms with van der Waals surface area (Å²) in [5.74, 6) is -0.676. The number of benzene rings is 1. The summed E-state index contributed by atoms with van der Waals surface area (Å²) in [4.78, 5) is -0.366. The molecule has 1 aliphatic carbocycles. The van der Waals surface area contributed by atoms with E-state index in [1.807, 2.05) is 0 Å². The second-order valence-electron chi connectivity index (χ2n) is 4.47. The Kier molecular flexibility index (Phi) is 4.14. The molecular weight excluding hydrogens is 366 g/mol. The van der Waals surface area contributed by atoms with Crippen molar-refractivity contribution < 1.29 is 26.0 Å². The zero-order chi connectivity index (χ0) is 15.1. The molecule has 1 aliphatic rings. The molecule has 1 aromatic rings. The summed E-state index contributed by atoms with van der Waals surface area (Å²) in [7, 11) is -4.32. The highest BCUT2D eigenvalue weighted by atomic mass is 79.9. The van der Waals surface area contributed by atoms with Crippen molar-refractivity contribution >= 4 is 26.0 Å². The zero-order valence-electron chi connectivity index (χ0n) is 9.99. The Balaban J connectivity index is 2.40. The van der Waals surface area contributed by atoms with Gasteiger partial charge in [-0.2, -0.15) is 17.5 Å². The van der Waals surface area contributed by atoms with Gasteiger partial charge in [-0.15, -0.1) is 0 Å². The topological polar surface area (TPSA) is 37.4 Å². The Hall–Kier alpha value is -0.670. The van der Waals surface area contributed by atoms with Crippen molar-refractivity contribution in [1.82, 2.24) is 4.31 Å². The van der Waals surface area contributed by atoms with Crippen molar-refractivity contribution in [2.24, 2.45) is 0 Å². The summed E-state index contributed by atoms with van der Waals surface area (Å²) in [6.45, 7) is -1.54. The van der Waals surface area contributed by atoms with Crippen molar-refractivity contribution in [1.29, 1.82) is 0 Å². The number of nitrogens with zero attached hydrogens (tertiary/aromatic N) is 1. The first kappa shape index (κ1) is 15.7. The molecule has 0 unspecified atom stereocenters. The van der Waals surface area contributed by atoms with Crippen LogP contribution in [-0.2, 0) is 10.0 Å². The van der Waals surface area contributed by atoms with Crippen LogP contribution in [0.2, 0.25) is 0 Å². The number of hydrogen-bond donors (Lipinski definition) is 0. The first-order chi connectivity index (χ1) is 9.11. The Morgan fingerprint density at radius 3 is 2.35 bits per heavy atom. The molecule has 2 rings (SSSR count). The summed E-state index contributed by atoms with van der Waals surface area (Å²) < 4.78 is 75.5. The standard InChI is InChI=1S/C11H10BrF4NO2S/c12-9-5-7(13)1-4-10(9)20(18,19)17(8-2-3-8)6-11(14,15)16/h1,4-5,8H,2-3,6H2. The van der Waals surface area contributed by atoms with Gasteiger partial charge in [-0.05, 0) is 47.0 Å². The molecule has 9 heteroatoms. The quantitative estimate of drug-likeness (QED) is 0.757. The fourth-order valence-electron chi connectivity index (χ4n) is 1.76. The number of sulfonamides is 1. The summed E-state index contributed by atoms with van der Waals surface area (Å²) in [5, 5.41) is 0. The molecular formula is C11H10BrF4NO2S. The maximum absolute atomic E-state index is 13.0. The minimum atomic E-state index is -4.62. The third-order valence-corrected chi connectivity index (χ3v) is 5.64. The highest BCUT2D eigenvalue weighted by Crippen LogP contribution is 2.36. The first-order valence-corrected chi connectivity index (χ1v) is 7.88. The van der Waals surface area contributed by atoms with Gasteiger partial charge in [0.1, 0.15) is 12.4 Å². The minimum absolute atomic E-state index is 0.0923. The molecule has 0 amide bonds. The van der Waals surface area contributed by atoms with Gasteiger partial charge in [-0.3, -0.25) is 0 Å². The van der Waals surface area contributed by atoms with Gasteiger partial charge >= 0.3 is 6.18 Å². The van der Waals surface area contributed by atoms with Crippen molar-refractivity contribution in [2.45, 2.75) is 30.0 Å². The van der Waals surface area contributed by atoms with Gasteiger partial charge in [0.15, 0.2) is 0 Å². The average Bonchev–Trinajstić information content (AvgIpc) is 3.07. The molecule has 0 aliphatic heterocycles. The van der Waals surface area contributed by atoms with Crippen LogP contribution in [0.3, 0.4) is 0 Å². The largest absolute Gasteiger partial charge is 0.402 e. The van der Waals surface area contributed by atoms with E-state index in [0.29, 0.717) is 17.1 Å². The molecule has 112 valence electrons. The number of rotatable bonds is 4. The molecule has 0 radical (unpaired) electrons. The van der Waals surface area contributed by atoms with E-state index in [-0.39, 0.29) is 9.37 Å². The highest BCUT2D eigenvalue weighted by molar-refractivity contribution is 9.10. The van der Waals surface area contributed by atoms with Crippen LogP contribution in [-0.4, -0.2) is 31.5 Å². The monoisotopic (exact) mass is 375 g/mol. The minimum Gasteiger partial charge on any atom is -0.207 e. The predicted molar refractivity (Wildman–Crippen MR) is 67.1 cm³/mol. The van der Waals surface area contributed by atoms with E-state index in [2.05, 4.69) is 15.9 Å². The van der Waals surface area contributed by atoms with Crippen molar-refractivity contribution in [3.8, 4) is 0 Å². The van der Waals surface area contributed by atoms with Crippen molar-refractivity contribution in [2.75, 3.05) is 6.54 Å². The zero-order valence-corrected chi connectivity index (χ0v) is 12.4. The van der Waals surface area contributed by atoms with Gasteiger partial charge in [0.2, 0.25) is 10.0 Å². The summed E-state index contributed by atoms with van der Waals surface area (Å²) in [6, 6.07) is 2.13. The smallest absolute Gasteiger partial charge is 0.207 e. The predicted octanol–water partition coefficient (Wildman–Crippen LogP) is 3.30. The Morgan fingerprint density at radius 1 is 1.30 bits per heavy atom. The number of alkyl halides is 3. The molecule has 0 heterocycles. The molecule has 3 nitrogen and oxygen atoms in total. The van der Waals surface area contributed by atoms with E-state index >= 15 is 0 Å². The summed E-state index contributed by atoms with van der Waals surface area (Å²) >= 11 is 2.87. The third-order valence-electron chi connectivity index (χ3n) is 2.77. The second kappa shape index (κ2) is 5.27. The van der Waals surface area contributed by atoms with E-state index in [4.69, 9.17) is 0 Å². The third kappa shape index (κ3) is 3.50. The molecule has 0 aromatic heterocycles. The highest BCUT2D eigenvalue weighted by Gasteiger charge is 2.45. The molecule has 0 bridgehead atoms. The molecule has 0 N–H and O–H groups in total. The van der Waals surface area contributed by atoms with E-state index in [0.717, 1.165) is 18.2 Å². The van der Waals surface area contributed by atoms with Crippen LogP contribution >= 0.6 is 15.9 Å². The molecule has 0 saturated heterocycles. The molecule has 1 fully saturated rings. The van der Waals surface area contributed by atoms with Crippen LogP contribution < -0.4 is 0 Å². The van der Waals surface area contributed by atoms with E-state index in [9.17, 15) is 26.0 Å². The van der Waals surface area contributed by atoms with Gasteiger partial charge in [-0.25, -0.2) is 12.8 Å². The van der Waals surface area contributed by atoms with Crippen LogP contribution in [0.25, 0.3) is 0 Å². The normalized spacial score (nSPS) is 16.7.